The lowest BCUT2D eigenvalue weighted by atomic mass is 10.0. The molecule has 0 saturated carbocycles. The maximum Gasteiger partial charge on any atom is 0.119 e. The molecule has 0 aromatic heterocycles. The number of benzene rings is 12. The largest absolute Gasteiger partial charge is 0.497 e. The lowest BCUT2D eigenvalue weighted by Gasteiger charge is -2.27. The number of thioether (sulfide) groups is 1. The highest BCUT2D eigenvalue weighted by Crippen LogP contribution is 2.43. The summed E-state index contributed by atoms with van der Waals surface area (Å²) in [6, 6.07) is 102. The van der Waals surface area contributed by atoms with Gasteiger partial charge in [-0.2, -0.15) is 0 Å². The van der Waals surface area contributed by atoms with Crippen LogP contribution in [0, 0.1) is 0 Å². The molecule has 0 aliphatic rings. The lowest BCUT2D eigenvalue weighted by molar-refractivity contribution is 0.414. The summed E-state index contributed by atoms with van der Waals surface area (Å²) >= 11 is 1.74. The van der Waals surface area contributed by atoms with Crippen molar-refractivity contribution in [1.29, 1.82) is 0 Å². The zero-order chi connectivity index (χ0) is 60.3. The molecule has 0 spiro atoms. The zero-order valence-corrected chi connectivity index (χ0v) is 50.8. The van der Waals surface area contributed by atoms with Crippen molar-refractivity contribution in [3.05, 3.63) is 291 Å². The van der Waals surface area contributed by atoms with Crippen LogP contribution >= 0.6 is 11.8 Å². The number of rotatable bonds is 21. The van der Waals surface area contributed by atoms with Gasteiger partial charge >= 0.3 is 0 Å². The molecule has 0 atom stereocenters. The molecule has 12 rings (SSSR count). The van der Waals surface area contributed by atoms with Crippen molar-refractivity contribution in [2.45, 2.75) is 4.90 Å². The van der Waals surface area contributed by atoms with Crippen molar-refractivity contribution in [2.24, 2.45) is 0 Å². The Kier molecular flexibility index (Phi) is 17.4. The predicted molar refractivity (Wildman–Crippen MR) is 366 cm³/mol. The summed E-state index contributed by atoms with van der Waals surface area (Å²) in [6.07, 6.45) is 2.10. The Labute approximate surface area is 520 Å². The second-order valence-electron chi connectivity index (χ2n) is 20.8. The van der Waals surface area contributed by atoms with Crippen LogP contribution in [-0.2, 0) is 0 Å². The molecule has 0 saturated heterocycles. The van der Waals surface area contributed by atoms with Crippen LogP contribution in [0.1, 0.15) is 0 Å². The van der Waals surface area contributed by atoms with Crippen molar-refractivity contribution in [1.82, 2.24) is 0 Å². The number of anilines is 12. The maximum absolute atomic E-state index is 5.58. The number of nitrogens with zero attached hydrogens (tertiary/aromatic N) is 4. The third-order valence-electron chi connectivity index (χ3n) is 15.7. The molecular formula is C78H66N4O5S. The van der Waals surface area contributed by atoms with Crippen LogP contribution in [0.4, 0.5) is 68.2 Å². The molecule has 434 valence electrons. The van der Waals surface area contributed by atoms with Crippen LogP contribution in [0.25, 0.3) is 33.4 Å². The summed E-state index contributed by atoms with van der Waals surface area (Å²) in [6.45, 7) is 0. The molecule has 0 unspecified atom stereocenters. The van der Waals surface area contributed by atoms with Gasteiger partial charge in [-0.1, -0.05) is 72.8 Å². The number of methoxy groups -OCH3 is 5. The molecule has 0 fully saturated rings. The first-order valence-corrected chi connectivity index (χ1v) is 30.2. The SMILES string of the molecule is COc1ccc(N(c2ccc(OC)cc2)c2ccc(-c3ccc(N(c4ccc(OC)cc4)c4ccc(-c5ccc(N(c6ccc(OC)cc6)c6ccc(-c7ccc(N(c8ccc(OC)cc8)c8ccc(SC)cc8)cc7)cc6)cc5)cc4)cc3)cc2)cc1. The minimum Gasteiger partial charge on any atom is -0.497 e. The van der Waals surface area contributed by atoms with Gasteiger partial charge in [0.1, 0.15) is 28.7 Å². The van der Waals surface area contributed by atoms with Crippen molar-refractivity contribution in [3.8, 4) is 62.1 Å². The molecule has 0 bridgehead atoms. The van der Waals surface area contributed by atoms with E-state index in [1.54, 1.807) is 47.3 Å². The Morgan fingerprint density at radius 2 is 0.307 bits per heavy atom. The van der Waals surface area contributed by atoms with Crippen molar-refractivity contribution < 1.29 is 23.7 Å². The molecule has 0 aliphatic heterocycles. The quantitative estimate of drug-likeness (QED) is 0.0650. The zero-order valence-electron chi connectivity index (χ0n) is 50.0. The highest BCUT2D eigenvalue weighted by Gasteiger charge is 2.19. The van der Waals surface area contributed by atoms with E-state index in [-0.39, 0.29) is 0 Å². The van der Waals surface area contributed by atoms with Crippen LogP contribution in [0.5, 0.6) is 28.7 Å². The second-order valence-corrected chi connectivity index (χ2v) is 21.7. The summed E-state index contributed by atoms with van der Waals surface area (Å²) in [5.41, 5.74) is 19.1. The molecule has 12 aromatic carbocycles. The van der Waals surface area contributed by atoms with Crippen LogP contribution in [0.2, 0.25) is 0 Å². The minimum absolute atomic E-state index is 0.797. The van der Waals surface area contributed by atoms with Gasteiger partial charge < -0.3 is 43.3 Å². The van der Waals surface area contributed by atoms with Gasteiger partial charge in [0.2, 0.25) is 0 Å². The van der Waals surface area contributed by atoms with E-state index in [1.165, 1.54) is 4.90 Å². The van der Waals surface area contributed by atoms with Gasteiger partial charge in [0, 0.05) is 73.1 Å². The molecule has 12 aromatic rings. The van der Waals surface area contributed by atoms with Gasteiger partial charge in [-0.15, -0.1) is 11.8 Å². The molecule has 0 aliphatic carbocycles. The summed E-state index contributed by atoms with van der Waals surface area (Å²) in [7, 11) is 8.45. The number of hydrogen-bond donors (Lipinski definition) is 0. The fraction of sp³-hybridized carbons (Fsp3) is 0.0769. The summed E-state index contributed by atoms with van der Waals surface area (Å²) in [5.74, 6) is 4.02. The van der Waals surface area contributed by atoms with Crippen LogP contribution in [-0.4, -0.2) is 41.8 Å². The standard InChI is InChI=1S/C78H66N4O5S/c1-83-73-43-31-67(32-44-73)79(63-23-11-57(12-24-63)59-15-27-65(28-16-59)81(69-35-47-75(85-3)48-36-69)70-37-49-76(86-4)50-38-70)61-19-7-55(8-20-61)56-9-21-62(22-10-56)80(68-33-45-74(84-2)46-34-68)64-25-13-58(14-26-64)60-17-29-66(30-18-60)82(71-39-51-77(87-5)52-40-71)72-41-53-78(88-6)54-42-72/h7-54H,1-6H3. The van der Waals surface area contributed by atoms with Crippen molar-refractivity contribution in [2.75, 3.05) is 61.4 Å². The number of ether oxygens (including phenoxy) is 5. The van der Waals surface area contributed by atoms with Gasteiger partial charge in [-0.25, -0.2) is 0 Å². The third kappa shape index (κ3) is 12.6. The molecule has 0 heterocycles. The summed E-state index contributed by atoms with van der Waals surface area (Å²) in [4.78, 5) is 10.3. The van der Waals surface area contributed by atoms with Gasteiger partial charge in [0.25, 0.3) is 0 Å². The first-order valence-electron chi connectivity index (χ1n) is 29.0. The first kappa shape index (κ1) is 57.6. The molecule has 88 heavy (non-hydrogen) atoms. The third-order valence-corrected chi connectivity index (χ3v) is 16.5. The van der Waals surface area contributed by atoms with Crippen LogP contribution in [0.3, 0.4) is 0 Å². The average Bonchev–Trinajstić information content (AvgIpc) is 2.54. The molecule has 0 N–H and O–H groups in total. The molecule has 9 nitrogen and oxygen atoms in total. The van der Waals surface area contributed by atoms with Gasteiger partial charge in [0.05, 0.1) is 35.5 Å². The monoisotopic (exact) mass is 1170 g/mol. The van der Waals surface area contributed by atoms with E-state index < -0.39 is 0 Å². The predicted octanol–water partition coefficient (Wildman–Crippen LogP) is 21.3. The minimum atomic E-state index is 0.797. The highest BCUT2D eigenvalue weighted by molar-refractivity contribution is 7.98. The van der Waals surface area contributed by atoms with E-state index >= 15 is 0 Å². The van der Waals surface area contributed by atoms with Gasteiger partial charge in [0.15, 0.2) is 0 Å². The van der Waals surface area contributed by atoms with E-state index in [9.17, 15) is 0 Å². The molecule has 10 heteroatoms. The Morgan fingerprint density at radius 3 is 0.432 bits per heavy atom. The smallest absolute Gasteiger partial charge is 0.119 e. The Morgan fingerprint density at radius 1 is 0.182 bits per heavy atom. The van der Waals surface area contributed by atoms with Crippen LogP contribution < -0.4 is 43.3 Å². The average molecular weight is 1170 g/mol. The number of hydrogen-bond acceptors (Lipinski definition) is 10. The van der Waals surface area contributed by atoms with Crippen molar-refractivity contribution in [3.63, 3.8) is 0 Å². The molecular weight excluding hydrogens is 1100 g/mol. The van der Waals surface area contributed by atoms with Crippen molar-refractivity contribution >= 4 is 80.0 Å². The molecule has 0 amide bonds. The maximum atomic E-state index is 5.58. The normalized spacial score (nSPS) is 10.9. The van der Waals surface area contributed by atoms with Gasteiger partial charge in [-0.05, 0) is 258 Å². The molecule has 0 radical (unpaired) electrons. The van der Waals surface area contributed by atoms with E-state index in [0.717, 1.165) is 130 Å². The van der Waals surface area contributed by atoms with E-state index in [1.807, 2.05) is 60.7 Å². The Balaban J connectivity index is 0.789. The Hall–Kier alpha value is -10.8. The summed E-state index contributed by atoms with van der Waals surface area (Å²) in [5, 5.41) is 0. The van der Waals surface area contributed by atoms with E-state index in [4.69, 9.17) is 23.7 Å². The fourth-order valence-electron chi connectivity index (χ4n) is 11.0. The first-order chi connectivity index (χ1) is 43.3. The second kappa shape index (κ2) is 26.6. The Bertz CT molecular complexity index is 3820. The summed E-state index contributed by atoms with van der Waals surface area (Å²) < 4.78 is 27.6. The van der Waals surface area contributed by atoms with Gasteiger partial charge in [-0.3, -0.25) is 0 Å². The van der Waals surface area contributed by atoms with E-state index in [0.29, 0.717) is 0 Å². The van der Waals surface area contributed by atoms with E-state index in [2.05, 4.69) is 256 Å². The topological polar surface area (TPSA) is 59.1 Å². The fourth-order valence-corrected chi connectivity index (χ4v) is 11.4. The highest BCUT2D eigenvalue weighted by atomic mass is 32.2. The van der Waals surface area contributed by atoms with Crippen LogP contribution in [0.15, 0.2) is 296 Å². The lowest BCUT2D eigenvalue weighted by Crippen LogP contribution is -2.10.